The van der Waals surface area contributed by atoms with Crippen LogP contribution in [0.1, 0.15) is 44.7 Å². The fourth-order valence-electron chi connectivity index (χ4n) is 5.63. The molecule has 1 heteroatoms. The van der Waals surface area contributed by atoms with Crippen molar-refractivity contribution in [2.24, 2.45) is 11.3 Å². The van der Waals surface area contributed by atoms with Crippen molar-refractivity contribution in [1.29, 1.82) is 0 Å². The minimum atomic E-state index is -0.870. The topological polar surface area (TPSA) is 0 Å². The van der Waals surface area contributed by atoms with Crippen molar-refractivity contribution in [1.82, 2.24) is 0 Å². The van der Waals surface area contributed by atoms with E-state index >= 15 is 0 Å². The zero-order chi connectivity index (χ0) is 18.6. The molecular formula is C25H30Si. The first kappa shape index (κ1) is 17.5. The molecule has 0 N–H and O–H groups in total. The van der Waals surface area contributed by atoms with Crippen LogP contribution >= 0.6 is 0 Å². The van der Waals surface area contributed by atoms with Crippen molar-refractivity contribution in [2.75, 3.05) is 0 Å². The summed E-state index contributed by atoms with van der Waals surface area (Å²) in [6.45, 7) is 14.4. The molecule has 0 radical (unpaired) electrons. The maximum atomic E-state index is 2.52. The third kappa shape index (κ3) is 2.26. The Morgan fingerprint density at radius 2 is 1.77 bits per heavy atom. The molecule has 26 heavy (non-hydrogen) atoms. The highest BCUT2D eigenvalue weighted by Gasteiger charge is 2.49. The maximum absolute atomic E-state index is 2.52. The second-order valence-corrected chi connectivity index (χ2v) is 11.7. The van der Waals surface area contributed by atoms with Gasteiger partial charge in [-0.3, -0.25) is 0 Å². The lowest BCUT2D eigenvalue weighted by Gasteiger charge is -2.45. The molecule has 2 atom stereocenters. The Morgan fingerprint density at radius 3 is 2.46 bits per heavy atom. The van der Waals surface area contributed by atoms with Gasteiger partial charge < -0.3 is 0 Å². The Morgan fingerprint density at radius 1 is 1.04 bits per heavy atom. The minimum absolute atomic E-state index is 0.0452. The predicted octanol–water partition coefficient (Wildman–Crippen LogP) is 6.61. The van der Waals surface area contributed by atoms with E-state index in [1.807, 2.05) is 0 Å². The van der Waals surface area contributed by atoms with Gasteiger partial charge in [0.25, 0.3) is 0 Å². The summed E-state index contributed by atoms with van der Waals surface area (Å²) in [6, 6.07) is 8.98. The van der Waals surface area contributed by atoms with E-state index in [-0.39, 0.29) is 5.41 Å². The fraction of sp³-hybridized carbons (Fsp3) is 0.360. The number of fused-ring (bicyclic) bond motifs is 2. The van der Waals surface area contributed by atoms with Crippen LogP contribution in [0.5, 0.6) is 0 Å². The SMILES string of the molecule is CC1=Cc2ccccc2[C@@H]1C1(C(C)C)C=CC=C2C1=CC(C)=C2[SiH](C)C. The van der Waals surface area contributed by atoms with Crippen LogP contribution in [0.3, 0.4) is 0 Å². The van der Waals surface area contributed by atoms with Crippen molar-refractivity contribution in [3.63, 3.8) is 0 Å². The predicted molar refractivity (Wildman–Crippen MR) is 117 cm³/mol. The summed E-state index contributed by atoms with van der Waals surface area (Å²) >= 11 is 0. The Balaban J connectivity index is 1.92. The van der Waals surface area contributed by atoms with Crippen LogP contribution in [0.4, 0.5) is 0 Å². The van der Waals surface area contributed by atoms with E-state index in [4.69, 9.17) is 0 Å². The summed E-state index contributed by atoms with van der Waals surface area (Å²) in [5, 5.41) is 1.67. The molecule has 0 nitrogen and oxygen atoms in total. The summed E-state index contributed by atoms with van der Waals surface area (Å²) in [7, 11) is -0.870. The Hall–Kier alpha value is -1.86. The minimum Gasteiger partial charge on any atom is -0.0727 e. The molecule has 4 rings (SSSR count). The molecule has 1 unspecified atom stereocenters. The first-order valence-electron chi connectivity index (χ1n) is 9.98. The van der Waals surface area contributed by atoms with E-state index in [0.29, 0.717) is 11.8 Å². The highest BCUT2D eigenvalue weighted by Crippen LogP contribution is 2.60. The molecule has 0 aliphatic heterocycles. The zero-order valence-electron chi connectivity index (χ0n) is 16.9. The maximum Gasteiger partial charge on any atom is 0.0658 e. The molecule has 0 amide bonds. The first-order valence-corrected chi connectivity index (χ1v) is 12.9. The average molecular weight is 359 g/mol. The highest BCUT2D eigenvalue weighted by molar-refractivity contribution is 6.65. The summed E-state index contributed by atoms with van der Waals surface area (Å²) in [5.41, 5.74) is 9.06. The van der Waals surface area contributed by atoms with Gasteiger partial charge in [0.15, 0.2) is 0 Å². The van der Waals surface area contributed by atoms with E-state index in [1.165, 1.54) is 27.8 Å². The third-order valence-corrected chi connectivity index (χ3v) is 8.54. The van der Waals surface area contributed by atoms with Crippen LogP contribution in [-0.4, -0.2) is 8.80 Å². The van der Waals surface area contributed by atoms with Crippen LogP contribution in [0.2, 0.25) is 13.1 Å². The molecule has 0 saturated heterocycles. The van der Waals surface area contributed by atoms with Crippen molar-refractivity contribution >= 4 is 14.9 Å². The van der Waals surface area contributed by atoms with Gasteiger partial charge in [0, 0.05) is 11.3 Å². The summed E-state index contributed by atoms with van der Waals surface area (Å²) in [5.74, 6) is 0.972. The molecule has 1 aromatic carbocycles. The molecule has 1 aromatic rings. The number of hydrogen-bond donors (Lipinski definition) is 0. The van der Waals surface area contributed by atoms with Crippen LogP contribution in [-0.2, 0) is 0 Å². The van der Waals surface area contributed by atoms with Gasteiger partial charge in [-0.15, -0.1) is 0 Å². The molecule has 0 heterocycles. The van der Waals surface area contributed by atoms with Crippen molar-refractivity contribution in [3.05, 3.63) is 87.2 Å². The van der Waals surface area contributed by atoms with Crippen LogP contribution < -0.4 is 0 Å². The van der Waals surface area contributed by atoms with E-state index in [0.717, 1.165) is 0 Å². The largest absolute Gasteiger partial charge is 0.0727 e. The molecule has 3 aliphatic rings. The molecule has 0 aromatic heterocycles. The Labute approximate surface area is 160 Å². The molecule has 0 fully saturated rings. The van der Waals surface area contributed by atoms with Crippen molar-refractivity contribution in [2.45, 2.75) is 46.7 Å². The second kappa shape index (κ2) is 6.09. The molecule has 0 spiro atoms. The zero-order valence-corrected chi connectivity index (χ0v) is 18.1. The van der Waals surface area contributed by atoms with E-state index in [1.54, 1.807) is 10.8 Å². The van der Waals surface area contributed by atoms with E-state index in [9.17, 15) is 0 Å². The highest BCUT2D eigenvalue weighted by atomic mass is 28.3. The summed E-state index contributed by atoms with van der Waals surface area (Å²) in [6.07, 6.45) is 12.2. The van der Waals surface area contributed by atoms with E-state index in [2.05, 4.69) is 95.4 Å². The van der Waals surface area contributed by atoms with Crippen LogP contribution in [0.15, 0.2) is 76.1 Å². The average Bonchev–Trinajstić information content (AvgIpc) is 3.10. The van der Waals surface area contributed by atoms with Crippen LogP contribution in [0, 0.1) is 11.3 Å². The van der Waals surface area contributed by atoms with Gasteiger partial charge in [-0.1, -0.05) is 97.9 Å². The van der Waals surface area contributed by atoms with Crippen LogP contribution in [0.25, 0.3) is 6.08 Å². The van der Waals surface area contributed by atoms with Gasteiger partial charge in [-0.05, 0) is 42.0 Å². The second-order valence-electron chi connectivity index (χ2n) is 8.79. The van der Waals surface area contributed by atoms with E-state index < -0.39 is 8.80 Å². The lowest BCUT2D eigenvalue weighted by Crippen LogP contribution is -2.36. The van der Waals surface area contributed by atoms with Gasteiger partial charge in [0.1, 0.15) is 0 Å². The fourth-order valence-corrected chi connectivity index (χ4v) is 7.50. The number of hydrogen-bond acceptors (Lipinski definition) is 0. The Kier molecular flexibility index (Phi) is 4.11. The van der Waals surface area contributed by atoms with Gasteiger partial charge in [-0.2, -0.15) is 0 Å². The molecule has 0 bridgehead atoms. The summed E-state index contributed by atoms with van der Waals surface area (Å²) in [4.78, 5) is 0. The molecule has 0 saturated carbocycles. The van der Waals surface area contributed by atoms with Gasteiger partial charge in [-0.25, -0.2) is 0 Å². The number of rotatable bonds is 3. The van der Waals surface area contributed by atoms with Gasteiger partial charge in [0.05, 0.1) is 8.80 Å². The third-order valence-electron chi connectivity index (χ3n) is 6.62. The smallest absolute Gasteiger partial charge is 0.0658 e. The standard InChI is InChI=1S/C25H30Si/c1-16(2)25(23-17(3)14-19-10-7-8-11-20(19)23)13-9-12-21-22(25)15-18(4)24(21)26(5)6/h7-16,23,26H,1-6H3/t23-,25?/m1/s1. The molecule has 3 aliphatic carbocycles. The Bertz CT molecular complexity index is 917. The monoisotopic (exact) mass is 358 g/mol. The summed E-state index contributed by atoms with van der Waals surface area (Å²) < 4.78 is 0. The lowest BCUT2D eigenvalue weighted by atomic mass is 9.58. The number of benzene rings is 1. The van der Waals surface area contributed by atoms with Crippen molar-refractivity contribution < 1.29 is 0 Å². The molecular weight excluding hydrogens is 328 g/mol. The van der Waals surface area contributed by atoms with Crippen molar-refractivity contribution in [3.8, 4) is 0 Å². The quantitative estimate of drug-likeness (QED) is 0.533. The normalized spacial score (nSPS) is 26.9. The first-order chi connectivity index (χ1) is 12.4. The lowest BCUT2D eigenvalue weighted by molar-refractivity contribution is 0.288. The molecule has 134 valence electrons. The number of allylic oxidation sites excluding steroid dienone is 9. The van der Waals surface area contributed by atoms with Gasteiger partial charge >= 0.3 is 0 Å². The van der Waals surface area contributed by atoms with Gasteiger partial charge in [0.2, 0.25) is 0 Å².